The Morgan fingerprint density at radius 1 is 1.10 bits per heavy atom. The van der Waals surface area contributed by atoms with Crippen molar-refractivity contribution in [1.29, 1.82) is 5.26 Å². The molecule has 6 rings (SSSR count). The Balaban J connectivity index is 1.26. The van der Waals surface area contributed by atoms with Gasteiger partial charge in [-0.3, -0.25) is 13.7 Å². The molecule has 1 saturated heterocycles. The minimum atomic E-state index is -2.50. The van der Waals surface area contributed by atoms with Gasteiger partial charge in [0.25, 0.3) is 0 Å². The highest BCUT2D eigenvalue weighted by molar-refractivity contribution is 8.02. The summed E-state index contributed by atoms with van der Waals surface area (Å²) in [7, 11) is -0.406. The molecule has 40 heavy (non-hydrogen) atoms. The summed E-state index contributed by atoms with van der Waals surface area (Å²) in [6.45, 7) is 2.71. The summed E-state index contributed by atoms with van der Waals surface area (Å²) >= 11 is 0. The molecule has 1 aliphatic carbocycles. The largest absolute Gasteiger partial charge is 0.369 e. The summed E-state index contributed by atoms with van der Waals surface area (Å²) in [6, 6.07) is 18.7. The molecular weight excluding hydrogens is 522 g/mol. The predicted molar refractivity (Wildman–Crippen MR) is 162 cm³/mol. The van der Waals surface area contributed by atoms with Crippen molar-refractivity contribution < 1.29 is 4.21 Å². The molecule has 2 N–H and O–H groups in total. The fourth-order valence-electron chi connectivity index (χ4n) is 5.27. The smallest absolute Gasteiger partial charge is 0.229 e. The molecule has 0 spiro atoms. The molecule has 4 heterocycles. The summed E-state index contributed by atoms with van der Waals surface area (Å²) in [4.78, 5) is 18.9. The molecule has 2 fully saturated rings. The van der Waals surface area contributed by atoms with Gasteiger partial charge in [0.2, 0.25) is 5.95 Å². The van der Waals surface area contributed by atoms with Gasteiger partial charge in [-0.15, -0.1) is 0 Å². The average Bonchev–Trinajstić information content (AvgIpc) is 3.70. The number of benzene rings is 1. The Kier molecular flexibility index (Phi) is 6.90. The summed E-state index contributed by atoms with van der Waals surface area (Å²) in [5, 5.41) is 13.5. The molecule has 1 atom stereocenters. The SMILES string of the molecule is CN1CCN(c2ccc(Nc3ncc4cc(C5CC5)n(-c5cccc(N[SH](C)(C)=O)n5)c4n3)cc2)C[C@@H]1CC#N. The Morgan fingerprint density at radius 3 is 2.62 bits per heavy atom. The highest BCUT2D eigenvalue weighted by atomic mass is 32.3. The Labute approximate surface area is 235 Å². The molecule has 1 aliphatic heterocycles. The second kappa shape index (κ2) is 10.5. The molecule has 0 radical (unpaired) electrons. The maximum Gasteiger partial charge on any atom is 0.229 e. The minimum Gasteiger partial charge on any atom is -0.369 e. The summed E-state index contributed by atoms with van der Waals surface area (Å²) in [5.41, 5.74) is 4.01. The number of thiol groups is 1. The molecule has 0 bridgehead atoms. The van der Waals surface area contributed by atoms with Gasteiger partial charge >= 0.3 is 0 Å². The van der Waals surface area contributed by atoms with Crippen molar-refractivity contribution in [2.45, 2.75) is 31.2 Å². The molecule has 10 nitrogen and oxygen atoms in total. The zero-order valence-corrected chi connectivity index (χ0v) is 24.0. The van der Waals surface area contributed by atoms with Crippen LogP contribution in [0.2, 0.25) is 0 Å². The minimum absolute atomic E-state index is 0.243. The lowest BCUT2D eigenvalue weighted by molar-refractivity contribution is 0.221. The summed E-state index contributed by atoms with van der Waals surface area (Å²) in [6.07, 6.45) is 8.05. The van der Waals surface area contributed by atoms with Crippen LogP contribution in [-0.4, -0.2) is 73.9 Å². The van der Waals surface area contributed by atoms with Crippen molar-refractivity contribution in [2.24, 2.45) is 0 Å². The van der Waals surface area contributed by atoms with E-state index in [1.54, 1.807) is 12.5 Å². The van der Waals surface area contributed by atoms with E-state index >= 15 is 0 Å². The van der Waals surface area contributed by atoms with Crippen molar-refractivity contribution in [3.63, 3.8) is 0 Å². The second-order valence-electron chi connectivity index (χ2n) is 11.1. The van der Waals surface area contributed by atoms with Gasteiger partial charge in [0.1, 0.15) is 11.6 Å². The highest BCUT2D eigenvalue weighted by Gasteiger charge is 2.29. The van der Waals surface area contributed by atoms with Gasteiger partial charge < -0.3 is 14.9 Å². The monoisotopic (exact) mass is 557 g/mol. The number of aromatic nitrogens is 4. The Morgan fingerprint density at radius 2 is 1.90 bits per heavy atom. The van der Waals surface area contributed by atoms with Crippen LogP contribution in [0.4, 0.5) is 23.1 Å². The van der Waals surface area contributed by atoms with E-state index in [9.17, 15) is 4.21 Å². The van der Waals surface area contributed by atoms with Crippen LogP contribution in [0.3, 0.4) is 0 Å². The number of nitrogens with one attached hydrogen (secondary N) is 2. The molecule has 0 amide bonds. The third-order valence-corrected chi connectivity index (χ3v) is 8.27. The number of fused-ring (bicyclic) bond motifs is 1. The predicted octanol–water partition coefficient (Wildman–Crippen LogP) is 4.07. The molecule has 4 aromatic rings. The third-order valence-electron chi connectivity index (χ3n) is 7.50. The van der Waals surface area contributed by atoms with Crippen molar-refractivity contribution >= 4 is 44.3 Å². The summed E-state index contributed by atoms with van der Waals surface area (Å²) < 4.78 is 17.5. The van der Waals surface area contributed by atoms with E-state index in [0.717, 1.165) is 60.7 Å². The first-order chi connectivity index (χ1) is 19.3. The first kappa shape index (κ1) is 26.2. The van der Waals surface area contributed by atoms with Crippen LogP contribution in [0.25, 0.3) is 16.9 Å². The second-order valence-corrected chi connectivity index (χ2v) is 14.0. The molecule has 0 unspecified atom stereocenters. The van der Waals surface area contributed by atoms with Crippen LogP contribution in [0, 0.1) is 11.3 Å². The molecular formula is C29H35N9OS. The number of anilines is 4. The van der Waals surface area contributed by atoms with Gasteiger partial charge in [-0.05, 0) is 78.4 Å². The van der Waals surface area contributed by atoms with Crippen molar-refractivity contribution in [3.05, 3.63) is 60.4 Å². The molecule has 2 aliphatic rings. The lowest BCUT2D eigenvalue weighted by Crippen LogP contribution is -2.51. The molecule has 3 aromatic heterocycles. The maximum absolute atomic E-state index is 12.4. The van der Waals surface area contributed by atoms with E-state index in [-0.39, 0.29) is 6.04 Å². The van der Waals surface area contributed by atoms with E-state index in [2.05, 4.69) is 60.7 Å². The van der Waals surface area contributed by atoms with E-state index in [4.69, 9.17) is 15.2 Å². The molecule has 1 aromatic carbocycles. The number of likely N-dealkylation sites (N-methyl/N-ethyl adjacent to an activating group) is 1. The topological polar surface area (TPSA) is 115 Å². The highest BCUT2D eigenvalue weighted by Crippen LogP contribution is 2.43. The first-order valence-corrected chi connectivity index (χ1v) is 16.3. The van der Waals surface area contributed by atoms with Crippen molar-refractivity contribution in [1.82, 2.24) is 24.4 Å². The average molecular weight is 558 g/mol. The standard InChI is InChI=1S/C29H35N9OS/c1-36-15-16-37(19-24(36)13-14-30)23-11-9-22(10-12-23)32-29-31-18-21-17-25(20-7-8-20)38(28(21)34-29)27-6-4-5-26(33-27)35-40(2,3)39/h4-6,9-12,17-18,20,24,40H,7-8,13,15-16,19H2,1-3H3,(H,31,32,34)(H,33,35,39)/t24-/m0/s1. The fraction of sp³-hybridized carbons (Fsp3) is 0.379. The summed E-state index contributed by atoms with van der Waals surface area (Å²) in [5.74, 6) is 2.31. The number of hydrogen-bond acceptors (Lipinski definition) is 8. The van der Waals surface area contributed by atoms with Crippen LogP contribution in [0.15, 0.2) is 54.7 Å². The van der Waals surface area contributed by atoms with Gasteiger partial charge in [-0.2, -0.15) is 10.2 Å². The van der Waals surface area contributed by atoms with E-state index in [1.165, 1.54) is 5.69 Å². The van der Waals surface area contributed by atoms with Gasteiger partial charge in [0.05, 0.1) is 12.5 Å². The zero-order chi connectivity index (χ0) is 27.9. The van der Waals surface area contributed by atoms with Crippen molar-refractivity contribution in [2.75, 3.05) is 54.1 Å². The van der Waals surface area contributed by atoms with E-state index < -0.39 is 10.1 Å². The number of nitrogens with zero attached hydrogens (tertiary/aromatic N) is 7. The Bertz CT molecular complexity index is 1620. The number of nitriles is 1. The third kappa shape index (κ3) is 5.64. The van der Waals surface area contributed by atoms with Crippen molar-refractivity contribution in [3.8, 4) is 11.9 Å². The molecule has 11 heteroatoms. The van der Waals surface area contributed by atoms with Gasteiger partial charge in [0.15, 0.2) is 5.65 Å². The van der Waals surface area contributed by atoms with Gasteiger partial charge in [0, 0.05) is 66.8 Å². The van der Waals surface area contributed by atoms with Crippen LogP contribution in [0.1, 0.15) is 30.9 Å². The number of hydrogen-bond donors (Lipinski definition) is 3. The number of piperazine rings is 1. The van der Waals surface area contributed by atoms with Crippen LogP contribution in [-0.2, 0) is 10.1 Å². The normalized spacial score (nSPS) is 18.4. The maximum atomic E-state index is 12.4. The number of rotatable bonds is 8. The zero-order valence-electron chi connectivity index (χ0n) is 23.1. The van der Waals surface area contributed by atoms with Gasteiger partial charge in [-0.1, -0.05) is 6.07 Å². The number of pyridine rings is 1. The van der Waals surface area contributed by atoms with E-state index in [0.29, 0.717) is 24.1 Å². The van der Waals surface area contributed by atoms with E-state index in [1.807, 2.05) is 36.5 Å². The van der Waals surface area contributed by atoms with Crippen LogP contribution in [0.5, 0.6) is 0 Å². The lowest BCUT2D eigenvalue weighted by atomic mass is 10.1. The molecule has 1 saturated carbocycles. The van der Waals surface area contributed by atoms with Crippen LogP contribution < -0.4 is 14.9 Å². The Hall–Kier alpha value is -4.01. The van der Waals surface area contributed by atoms with Crippen LogP contribution >= 0.6 is 0 Å². The van der Waals surface area contributed by atoms with Gasteiger partial charge in [-0.25, -0.2) is 9.97 Å². The fourth-order valence-corrected chi connectivity index (χ4v) is 5.94. The first-order valence-electron chi connectivity index (χ1n) is 13.7. The quantitative estimate of drug-likeness (QED) is 0.278. The molecule has 208 valence electrons. The lowest BCUT2D eigenvalue weighted by Gasteiger charge is -2.39.